The third-order valence-corrected chi connectivity index (χ3v) is 19.0. The van der Waals surface area contributed by atoms with Crippen molar-refractivity contribution in [3.8, 4) is 5.75 Å². The second-order valence-electron chi connectivity index (χ2n) is 31.7. The Morgan fingerprint density at radius 1 is 0.382 bits per heavy atom. The Kier molecular flexibility index (Phi) is 46.5. The number of hydrogen-bond donors (Lipinski definition) is 19. The average molecular weight is 1560 g/mol. The lowest BCUT2D eigenvalue weighted by Gasteiger charge is -2.31. The number of allylic oxidation sites excluding steroid dienone is 1. The molecule has 0 unspecified atom stereocenters. The summed E-state index contributed by atoms with van der Waals surface area (Å²) in [6.07, 6.45) is 2.48. The molecule has 0 saturated heterocycles. The first-order valence-corrected chi connectivity index (χ1v) is 39.3. The van der Waals surface area contributed by atoms with E-state index in [1.54, 1.807) is 95.2 Å². The molecule has 22 N–H and O–H groups in total. The fraction of sp³-hybridized carbons (Fsp3) is 0.731. The van der Waals surface area contributed by atoms with E-state index in [4.69, 9.17) is 17.2 Å². The molecule has 1 aromatic rings. The molecular formula is C78H138N16O16. The number of phenolic OH excluding ortho intramolecular Hbond substituents is 1. The molecule has 0 radical (unpaired) electrons. The highest BCUT2D eigenvalue weighted by Gasteiger charge is 2.40. The van der Waals surface area contributed by atoms with E-state index in [9.17, 15) is 77.6 Å². The van der Waals surface area contributed by atoms with Crippen molar-refractivity contribution >= 4 is 76.8 Å². The van der Waals surface area contributed by atoms with E-state index in [1.807, 2.05) is 41.5 Å². The molecule has 0 aliphatic rings. The summed E-state index contributed by atoms with van der Waals surface area (Å²) in [5.74, 6) is -13.8. The van der Waals surface area contributed by atoms with Crippen molar-refractivity contribution in [2.45, 2.75) is 287 Å². The minimum atomic E-state index is -1.40. The largest absolute Gasteiger partial charge is 0.508 e. The highest BCUT2D eigenvalue weighted by Crippen LogP contribution is 2.19. The molecule has 32 nitrogen and oxygen atoms in total. The molecular weight excluding hydrogens is 1420 g/mol. The predicted octanol–water partition coefficient (Wildman–Crippen LogP) is 1.20. The second-order valence-corrected chi connectivity index (χ2v) is 31.7. The number of nitrogens with one attached hydrogen (secondary N) is 13. The van der Waals surface area contributed by atoms with Gasteiger partial charge in [-0.15, -0.1) is 0 Å². The van der Waals surface area contributed by atoms with Gasteiger partial charge >= 0.3 is 0 Å². The van der Waals surface area contributed by atoms with Crippen LogP contribution < -0.4 is 86.3 Å². The van der Waals surface area contributed by atoms with E-state index in [1.165, 1.54) is 25.1 Å². The van der Waals surface area contributed by atoms with Gasteiger partial charge in [0, 0.05) is 6.42 Å². The van der Waals surface area contributed by atoms with Gasteiger partial charge in [-0.2, -0.15) is 0 Å². The lowest BCUT2D eigenvalue weighted by atomic mass is 9.97. The summed E-state index contributed by atoms with van der Waals surface area (Å²) in [5, 5.41) is 66.0. The Bertz CT molecular complexity index is 3130. The maximum Gasteiger partial charge on any atom is 0.268 e. The van der Waals surface area contributed by atoms with Gasteiger partial charge in [0.15, 0.2) is 0 Å². The van der Waals surface area contributed by atoms with Gasteiger partial charge in [-0.25, -0.2) is 0 Å². The van der Waals surface area contributed by atoms with Crippen molar-refractivity contribution in [3.63, 3.8) is 0 Å². The maximum absolute atomic E-state index is 14.7. The van der Waals surface area contributed by atoms with Crippen molar-refractivity contribution in [1.82, 2.24) is 69.1 Å². The summed E-state index contributed by atoms with van der Waals surface area (Å²) in [5.41, 5.74) is 17.9. The second kappa shape index (κ2) is 51.3. The first-order chi connectivity index (χ1) is 51.5. The van der Waals surface area contributed by atoms with E-state index >= 15 is 0 Å². The smallest absolute Gasteiger partial charge is 0.268 e. The molecule has 0 heterocycles. The van der Waals surface area contributed by atoms with E-state index in [0.717, 1.165) is 0 Å². The summed E-state index contributed by atoms with van der Waals surface area (Å²) < 4.78 is 0. The summed E-state index contributed by atoms with van der Waals surface area (Å²) in [6.45, 7) is 32.8. The molecule has 1 rings (SSSR count). The van der Waals surface area contributed by atoms with Crippen molar-refractivity contribution in [2.75, 3.05) is 26.2 Å². The molecule has 1 aromatic carbocycles. The van der Waals surface area contributed by atoms with Crippen LogP contribution in [0.15, 0.2) is 36.0 Å². The Balaban J connectivity index is 3.60. The number of amides is 13. The van der Waals surface area contributed by atoms with Crippen molar-refractivity contribution in [3.05, 3.63) is 41.6 Å². The standard InChI is InChI=1S/C78H138N16O16/c1-20-49(19)65(97)78(110)82-52(21-2)66(98)90-60(44(9)10)73(105)85-55(29-26-36-81)69(101)92-63(47(15)16)76(108)94-64(48(17)18)77(109)93-62(46(13)14)74(106)84-54(28-23-25-35-80)68(100)91-61(45(11)12)75(107)88-57(38-42(5)6)70(102)83-53(27-22-24-34-79)67(99)87-58(39-50-30-32-51(96)33-31-50)72(104)86-56(37-41(3)4)71(103)89-59(40-95)43(7)8/h21,30-33,41-49,53-65,95-97H,20,22-29,34-40,79-81H2,1-19H3,(H,82,110)(H,83,102)(H,84,106)(H,85,105)(H,86,104)(H,87,99)(H,88,107)(H,89,103)(H,90,98)(H,91,100)(H,92,101)(H,93,109)(H,94,108)/b52-21+/t49-,53-,54+,55+,56-,57+,58+,59+,60-,61-,62-,63-,64-,65-/m0/s1. The summed E-state index contributed by atoms with van der Waals surface area (Å²) in [6, 6.07) is -8.69. The summed E-state index contributed by atoms with van der Waals surface area (Å²) in [7, 11) is 0. The minimum Gasteiger partial charge on any atom is -0.508 e. The van der Waals surface area contributed by atoms with E-state index < -0.39 is 191 Å². The highest BCUT2D eigenvalue weighted by molar-refractivity contribution is 6.02. The van der Waals surface area contributed by atoms with Crippen LogP contribution in [0, 0.1) is 53.3 Å². The number of rotatable bonds is 52. The van der Waals surface area contributed by atoms with Gasteiger partial charge in [0.25, 0.3) is 11.8 Å². The number of aliphatic hydroxyl groups excluding tert-OH is 2. The SMILES string of the molecule is C/C=C(/NC(=O)[C@@H](O)[C@@H](C)CC)C(=O)N[C@H](C(=O)N[C@H](CCCN)C(=O)N[C@H](C(=O)N[C@H](C(=O)N[C@H](C(=O)N[C@H](CCCCN)C(=O)N[C@H](C(=O)N[C@H](CC(C)C)C(=O)N[C@@H](CCCCN)C(=O)N[C@H](Cc1ccc(O)cc1)C(=O)N[C@@H](CC(C)C)C(=O)N[C@H](CO)C(C)C)C(C)C)C(C)C)C(C)C)C(C)C)C(C)C. The Labute approximate surface area is 652 Å². The van der Waals surface area contributed by atoms with Gasteiger partial charge in [-0.05, 0) is 162 Å². The van der Waals surface area contributed by atoms with E-state index in [2.05, 4.69) is 69.1 Å². The lowest BCUT2D eigenvalue weighted by Crippen LogP contribution is -2.62. The third kappa shape index (κ3) is 35.4. The number of carbonyl (C=O) groups is 13. The van der Waals surface area contributed by atoms with Gasteiger partial charge in [0.2, 0.25) is 65.0 Å². The average Bonchev–Trinajstić information content (AvgIpc) is 0.842. The van der Waals surface area contributed by atoms with Crippen LogP contribution in [0.25, 0.3) is 0 Å². The first-order valence-electron chi connectivity index (χ1n) is 39.3. The number of hydrogen-bond acceptors (Lipinski definition) is 19. The van der Waals surface area contributed by atoms with Crippen LogP contribution in [0.2, 0.25) is 0 Å². The van der Waals surface area contributed by atoms with Crippen molar-refractivity contribution < 1.29 is 77.6 Å². The van der Waals surface area contributed by atoms with Crippen LogP contribution in [-0.4, -0.2) is 197 Å². The zero-order chi connectivity index (χ0) is 84.0. The molecule has 0 saturated carbocycles. The molecule has 14 atom stereocenters. The molecule has 626 valence electrons. The zero-order valence-corrected chi connectivity index (χ0v) is 68.8. The van der Waals surface area contributed by atoms with Crippen LogP contribution in [0.1, 0.15) is 208 Å². The summed E-state index contributed by atoms with van der Waals surface area (Å²) >= 11 is 0. The van der Waals surface area contributed by atoms with Crippen molar-refractivity contribution in [2.24, 2.45) is 70.5 Å². The number of benzene rings is 1. The van der Waals surface area contributed by atoms with E-state index in [-0.39, 0.29) is 100 Å². The highest BCUT2D eigenvalue weighted by atomic mass is 16.3. The van der Waals surface area contributed by atoms with Gasteiger partial charge < -0.3 is 102 Å². The Morgan fingerprint density at radius 2 is 0.691 bits per heavy atom. The number of nitrogens with two attached hydrogens (primary N) is 3. The van der Waals surface area contributed by atoms with Gasteiger partial charge in [-0.1, -0.05) is 149 Å². The molecule has 32 heteroatoms. The quantitative estimate of drug-likeness (QED) is 0.0322. The molecule has 0 aliphatic heterocycles. The monoisotopic (exact) mass is 1560 g/mol. The lowest BCUT2D eigenvalue weighted by molar-refractivity contribution is -0.137. The number of carbonyl (C=O) groups excluding carboxylic acids is 13. The molecule has 0 aromatic heterocycles. The Hall–Kier alpha value is -8.33. The van der Waals surface area contributed by atoms with Crippen LogP contribution in [0.4, 0.5) is 0 Å². The van der Waals surface area contributed by atoms with Crippen molar-refractivity contribution in [1.29, 1.82) is 0 Å². The zero-order valence-electron chi connectivity index (χ0n) is 68.8. The van der Waals surface area contributed by atoms with Gasteiger partial charge in [0.05, 0.1) is 12.6 Å². The number of aromatic hydroxyl groups is 1. The third-order valence-electron chi connectivity index (χ3n) is 19.0. The normalized spacial score (nSPS) is 15.7. The van der Waals surface area contributed by atoms with E-state index in [0.29, 0.717) is 37.7 Å². The number of aliphatic hydroxyl groups is 2. The molecule has 110 heavy (non-hydrogen) atoms. The number of phenols is 1. The topological polar surface area (TPSA) is 517 Å². The first kappa shape index (κ1) is 99.7. The van der Waals surface area contributed by atoms with Gasteiger partial charge in [0.1, 0.15) is 84.0 Å². The van der Waals surface area contributed by atoms with Crippen LogP contribution in [0.5, 0.6) is 5.75 Å². The molecule has 0 bridgehead atoms. The molecule has 0 aliphatic carbocycles. The minimum absolute atomic E-state index is 0.0154. The van der Waals surface area contributed by atoms with Crippen LogP contribution in [-0.2, 0) is 68.7 Å². The van der Waals surface area contributed by atoms with Crippen LogP contribution >= 0.6 is 0 Å². The number of unbranched alkanes of at least 4 members (excludes halogenated alkanes) is 2. The molecule has 0 fully saturated rings. The molecule has 13 amide bonds. The Morgan fingerprint density at radius 3 is 1.05 bits per heavy atom. The predicted molar refractivity (Wildman–Crippen MR) is 421 cm³/mol. The fourth-order valence-corrected chi connectivity index (χ4v) is 11.7. The van der Waals surface area contributed by atoms with Gasteiger partial charge in [-0.3, -0.25) is 62.3 Å². The maximum atomic E-state index is 14.7. The molecule has 0 spiro atoms. The fourth-order valence-electron chi connectivity index (χ4n) is 11.7. The summed E-state index contributed by atoms with van der Waals surface area (Å²) in [4.78, 5) is 185. The van der Waals surface area contributed by atoms with Crippen LogP contribution in [0.3, 0.4) is 0 Å².